The van der Waals surface area contributed by atoms with Crippen LogP contribution in [0, 0.1) is 5.92 Å². The third-order valence-electron chi connectivity index (χ3n) is 2.47. The number of nitrogens with zero attached hydrogens (tertiary/aromatic N) is 3. The maximum atomic E-state index is 3.86. The molecule has 2 unspecified atom stereocenters. The molecule has 5 heteroatoms. The largest absolute Gasteiger partial charge is 0.307 e. The highest BCUT2D eigenvalue weighted by molar-refractivity contribution is 4.77. The summed E-state index contributed by atoms with van der Waals surface area (Å²) in [4.78, 5) is 0. The van der Waals surface area contributed by atoms with Crippen molar-refractivity contribution in [2.75, 3.05) is 0 Å². The van der Waals surface area contributed by atoms with Crippen molar-refractivity contribution in [2.45, 2.75) is 39.8 Å². The Labute approximate surface area is 78.3 Å². The predicted octanol–water partition coefficient (Wildman–Crippen LogP) is 0.724. The highest BCUT2D eigenvalue weighted by atomic mass is 15.5. The highest BCUT2D eigenvalue weighted by Crippen LogP contribution is 2.06. The Bertz CT molecular complexity index is 220. The lowest BCUT2D eigenvalue weighted by atomic mass is 10.0. The minimum atomic E-state index is 0.489. The van der Waals surface area contributed by atoms with Crippen molar-refractivity contribution in [1.82, 2.24) is 25.9 Å². The van der Waals surface area contributed by atoms with Gasteiger partial charge in [-0.25, -0.2) is 0 Å². The molecule has 0 radical (unpaired) electrons. The average Bonchev–Trinajstić information content (AvgIpc) is 2.65. The Morgan fingerprint density at radius 3 is 2.77 bits per heavy atom. The number of tetrazole rings is 1. The van der Waals surface area contributed by atoms with Gasteiger partial charge in [0.25, 0.3) is 0 Å². The molecule has 5 nitrogen and oxygen atoms in total. The summed E-state index contributed by atoms with van der Waals surface area (Å²) < 4.78 is 0. The minimum Gasteiger partial charge on any atom is -0.307 e. The number of aromatic nitrogens is 4. The van der Waals surface area contributed by atoms with E-state index in [-0.39, 0.29) is 0 Å². The quantitative estimate of drug-likeness (QED) is 0.706. The zero-order valence-corrected chi connectivity index (χ0v) is 8.41. The first-order valence-corrected chi connectivity index (χ1v) is 4.69. The van der Waals surface area contributed by atoms with Gasteiger partial charge in [0.05, 0.1) is 6.54 Å². The zero-order chi connectivity index (χ0) is 9.68. The molecule has 1 aromatic rings. The number of aromatic amines is 1. The van der Waals surface area contributed by atoms with Crippen LogP contribution in [0.4, 0.5) is 0 Å². The molecule has 0 spiro atoms. The minimum absolute atomic E-state index is 0.489. The van der Waals surface area contributed by atoms with Gasteiger partial charge in [0, 0.05) is 6.04 Å². The first-order chi connectivity index (χ1) is 6.24. The van der Waals surface area contributed by atoms with Crippen molar-refractivity contribution in [3.05, 3.63) is 5.82 Å². The average molecular weight is 183 g/mol. The molecule has 2 N–H and O–H groups in total. The van der Waals surface area contributed by atoms with E-state index in [0.717, 1.165) is 5.82 Å². The van der Waals surface area contributed by atoms with Gasteiger partial charge in [-0.3, -0.25) is 0 Å². The number of hydrogen-bond donors (Lipinski definition) is 2. The van der Waals surface area contributed by atoms with Gasteiger partial charge >= 0.3 is 0 Å². The Balaban J connectivity index is 2.26. The molecule has 1 aromatic heterocycles. The molecule has 0 aliphatic heterocycles. The van der Waals surface area contributed by atoms with Crippen LogP contribution < -0.4 is 5.32 Å². The van der Waals surface area contributed by atoms with Gasteiger partial charge in [-0.2, -0.15) is 5.21 Å². The predicted molar refractivity (Wildman–Crippen MR) is 49.9 cm³/mol. The molecule has 0 aliphatic carbocycles. The number of H-pyrrole nitrogens is 1. The van der Waals surface area contributed by atoms with Gasteiger partial charge in [0.1, 0.15) is 0 Å². The van der Waals surface area contributed by atoms with Crippen molar-refractivity contribution in [1.29, 1.82) is 0 Å². The third kappa shape index (κ3) is 3.10. The summed E-state index contributed by atoms with van der Waals surface area (Å²) in [5.74, 6) is 1.39. The zero-order valence-electron chi connectivity index (χ0n) is 8.41. The van der Waals surface area contributed by atoms with E-state index in [2.05, 4.69) is 46.7 Å². The van der Waals surface area contributed by atoms with Crippen molar-refractivity contribution in [3.63, 3.8) is 0 Å². The van der Waals surface area contributed by atoms with E-state index < -0.39 is 0 Å². The van der Waals surface area contributed by atoms with E-state index >= 15 is 0 Å². The van der Waals surface area contributed by atoms with Gasteiger partial charge in [0.15, 0.2) is 5.82 Å². The molecule has 1 rings (SSSR count). The second-order valence-corrected chi connectivity index (χ2v) is 3.38. The summed E-state index contributed by atoms with van der Waals surface area (Å²) >= 11 is 0. The lowest BCUT2D eigenvalue weighted by molar-refractivity contribution is 0.386. The summed E-state index contributed by atoms with van der Waals surface area (Å²) in [7, 11) is 0. The Morgan fingerprint density at radius 1 is 1.46 bits per heavy atom. The van der Waals surface area contributed by atoms with Gasteiger partial charge < -0.3 is 5.32 Å². The van der Waals surface area contributed by atoms with Crippen LogP contribution in [-0.4, -0.2) is 26.7 Å². The first kappa shape index (κ1) is 10.1. The van der Waals surface area contributed by atoms with E-state index in [1.54, 1.807) is 0 Å². The molecule has 1 heterocycles. The van der Waals surface area contributed by atoms with Crippen LogP contribution in [0.3, 0.4) is 0 Å². The molecule has 2 atom stereocenters. The molecule has 74 valence electrons. The summed E-state index contributed by atoms with van der Waals surface area (Å²) in [6.07, 6.45) is 1.18. The van der Waals surface area contributed by atoms with Gasteiger partial charge in [-0.05, 0) is 12.8 Å². The summed E-state index contributed by atoms with van der Waals surface area (Å²) in [6, 6.07) is 0.489. The second-order valence-electron chi connectivity index (χ2n) is 3.38. The second kappa shape index (κ2) is 4.91. The van der Waals surface area contributed by atoms with Crippen LogP contribution in [0.15, 0.2) is 0 Å². The van der Waals surface area contributed by atoms with Crippen LogP contribution in [0.1, 0.15) is 33.0 Å². The van der Waals surface area contributed by atoms with E-state index in [1.807, 2.05) is 0 Å². The molecular weight excluding hydrogens is 166 g/mol. The van der Waals surface area contributed by atoms with Crippen LogP contribution in [-0.2, 0) is 6.54 Å². The van der Waals surface area contributed by atoms with Crippen LogP contribution >= 0.6 is 0 Å². The molecule has 0 fully saturated rings. The molecule has 0 bridgehead atoms. The van der Waals surface area contributed by atoms with Gasteiger partial charge in [-0.1, -0.05) is 25.5 Å². The fourth-order valence-corrected chi connectivity index (χ4v) is 1.06. The molecule has 0 aliphatic rings. The highest BCUT2D eigenvalue weighted by Gasteiger charge is 2.09. The van der Waals surface area contributed by atoms with E-state index in [4.69, 9.17) is 0 Å². The molecule has 0 saturated heterocycles. The molecule has 0 amide bonds. The number of nitrogens with one attached hydrogen (secondary N) is 2. The fourth-order valence-electron chi connectivity index (χ4n) is 1.06. The smallest absolute Gasteiger partial charge is 0.188 e. The van der Waals surface area contributed by atoms with E-state index in [9.17, 15) is 0 Å². The molecule has 13 heavy (non-hydrogen) atoms. The SMILES string of the molecule is CCC(C)C(C)NCc1nn[nH]n1. The van der Waals surface area contributed by atoms with Gasteiger partial charge in [0.2, 0.25) is 0 Å². The third-order valence-corrected chi connectivity index (χ3v) is 2.47. The molecule has 0 aromatic carbocycles. The fraction of sp³-hybridized carbons (Fsp3) is 0.875. The normalized spacial score (nSPS) is 15.6. The number of hydrogen-bond acceptors (Lipinski definition) is 4. The van der Waals surface area contributed by atoms with Crippen LogP contribution in [0.25, 0.3) is 0 Å². The van der Waals surface area contributed by atoms with Crippen molar-refractivity contribution < 1.29 is 0 Å². The Kier molecular flexibility index (Phi) is 3.82. The first-order valence-electron chi connectivity index (χ1n) is 4.69. The standard InChI is InChI=1S/C8H17N5/c1-4-6(2)7(3)9-5-8-10-12-13-11-8/h6-7,9H,4-5H2,1-3H3,(H,10,11,12,13). The lowest BCUT2D eigenvalue weighted by Crippen LogP contribution is -2.31. The molecular formula is C8H17N5. The van der Waals surface area contributed by atoms with Crippen molar-refractivity contribution in [2.24, 2.45) is 5.92 Å². The number of rotatable bonds is 5. The van der Waals surface area contributed by atoms with E-state index in [1.165, 1.54) is 6.42 Å². The summed E-state index contributed by atoms with van der Waals surface area (Å²) in [5.41, 5.74) is 0. The van der Waals surface area contributed by atoms with Gasteiger partial charge in [-0.15, -0.1) is 10.2 Å². The Morgan fingerprint density at radius 2 is 2.23 bits per heavy atom. The van der Waals surface area contributed by atoms with Crippen molar-refractivity contribution >= 4 is 0 Å². The maximum absolute atomic E-state index is 3.86. The maximum Gasteiger partial charge on any atom is 0.188 e. The Hall–Kier alpha value is -0.970. The summed E-state index contributed by atoms with van der Waals surface area (Å²) in [6.45, 7) is 7.28. The monoisotopic (exact) mass is 183 g/mol. The topological polar surface area (TPSA) is 66.5 Å². The van der Waals surface area contributed by atoms with Crippen molar-refractivity contribution in [3.8, 4) is 0 Å². The lowest BCUT2D eigenvalue weighted by Gasteiger charge is -2.18. The van der Waals surface area contributed by atoms with E-state index in [0.29, 0.717) is 18.5 Å². The molecule has 0 saturated carbocycles. The van der Waals surface area contributed by atoms with Crippen LogP contribution in [0.5, 0.6) is 0 Å². The van der Waals surface area contributed by atoms with Crippen LogP contribution in [0.2, 0.25) is 0 Å². The summed E-state index contributed by atoms with van der Waals surface area (Å²) in [5, 5.41) is 17.0.